The topological polar surface area (TPSA) is 58.2 Å². The summed E-state index contributed by atoms with van der Waals surface area (Å²) in [5, 5.41) is 6.87. The number of carbonyl (C=O) groups is 2. The third-order valence-corrected chi connectivity index (χ3v) is 5.04. The highest BCUT2D eigenvalue weighted by molar-refractivity contribution is 7.20. The molecule has 25 heavy (non-hydrogen) atoms. The van der Waals surface area contributed by atoms with Crippen molar-refractivity contribution in [3.63, 3.8) is 0 Å². The van der Waals surface area contributed by atoms with Gasteiger partial charge in [-0.25, -0.2) is 0 Å². The molecule has 2 N–H and O–H groups in total. The number of hydrogen-bond donors (Lipinski definition) is 2. The number of rotatable bonds is 4. The van der Waals surface area contributed by atoms with Crippen LogP contribution in [0.2, 0.25) is 0 Å². The fourth-order valence-corrected chi connectivity index (χ4v) is 3.36. The first-order valence-corrected chi connectivity index (χ1v) is 8.97. The quantitative estimate of drug-likeness (QED) is 0.690. The van der Waals surface area contributed by atoms with Gasteiger partial charge in [-0.2, -0.15) is 0 Å². The molecule has 0 saturated carbocycles. The van der Waals surface area contributed by atoms with E-state index in [4.69, 9.17) is 0 Å². The highest BCUT2D eigenvalue weighted by Crippen LogP contribution is 2.27. The van der Waals surface area contributed by atoms with Gasteiger partial charge in [0.05, 0.1) is 4.88 Å². The Kier molecular flexibility index (Phi) is 4.86. The number of carbonyl (C=O) groups excluding carboxylic acids is 2. The van der Waals surface area contributed by atoms with E-state index in [1.165, 1.54) is 11.3 Å². The van der Waals surface area contributed by atoms with Gasteiger partial charge in [0.15, 0.2) is 0 Å². The summed E-state index contributed by atoms with van der Waals surface area (Å²) in [6.45, 7) is 5.61. The molecule has 3 aromatic rings. The lowest BCUT2D eigenvalue weighted by molar-refractivity contribution is -0.118. The van der Waals surface area contributed by atoms with Crippen LogP contribution in [0.3, 0.4) is 0 Å². The fraction of sp³-hybridized carbons (Fsp3) is 0.200. The van der Waals surface area contributed by atoms with E-state index < -0.39 is 0 Å². The van der Waals surface area contributed by atoms with Crippen molar-refractivity contribution < 1.29 is 9.59 Å². The maximum absolute atomic E-state index is 12.6. The molecule has 0 bridgehead atoms. The summed E-state index contributed by atoms with van der Waals surface area (Å²) in [5.41, 5.74) is 2.32. The second kappa shape index (κ2) is 7.07. The highest BCUT2D eigenvalue weighted by Gasteiger charge is 2.13. The van der Waals surface area contributed by atoms with Crippen molar-refractivity contribution in [3.05, 3.63) is 59.0 Å². The Morgan fingerprint density at radius 2 is 1.76 bits per heavy atom. The van der Waals surface area contributed by atoms with E-state index in [1.807, 2.05) is 63.2 Å². The molecule has 3 rings (SSSR count). The number of nitrogens with one attached hydrogen (secondary N) is 2. The Morgan fingerprint density at radius 1 is 1.00 bits per heavy atom. The molecule has 5 heteroatoms. The summed E-state index contributed by atoms with van der Waals surface area (Å²) in [5.74, 6) is -0.292. The minimum absolute atomic E-state index is 0.0503. The maximum Gasteiger partial charge on any atom is 0.265 e. The summed E-state index contributed by atoms with van der Waals surface area (Å²) < 4.78 is 1.09. The SMILES string of the molecule is Cc1ccc(NC(=O)C(C)C)cc1NC(=O)c1cc2ccccc2s1. The third-order valence-electron chi connectivity index (χ3n) is 3.93. The molecule has 0 radical (unpaired) electrons. The van der Waals surface area contributed by atoms with Gasteiger partial charge in [-0.3, -0.25) is 9.59 Å². The molecule has 128 valence electrons. The Bertz CT molecular complexity index is 911. The molecular weight excluding hydrogens is 332 g/mol. The Labute approximate surface area is 150 Å². The molecule has 0 fully saturated rings. The number of thiophene rings is 1. The van der Waals surface area contributed by atoms with Crippen LogP contribution in [0.15, 0.2) is 48.5 Å². The lowest BCUT2D eigenvalue weighted by Crippen LogP contribution is -2.18. The number of aryl methyl sites for hydroxylation is 1. The third kappa shape index (κ3) is 3.88. The van der Waals surface area contributed by atoms with Gasteiger partial charge in [-0.05, 0) is 42.1 Å². The van der Waals surface area contributed by atoms with Crippen LogP contribution < -0.4 is 10.6 Å². The molecule has 0 aliphatic carbocycles. The maximum atomic E-state index is 12.6. The van der Waals surface area contributed by atoms with Gasteiger partial charge in [0.1, 0.15) is 0 Å². The lowest BCUT2D eigenvalue weighted by atomic mass is 10.1. The van der Waals surface area contributed by atoms with Crippen LogP contribution in [0.4, 0.5) is 11.4 Å². The van der Waals surface area contributed by atoms with Gasteiger partial charge in [0.2, 0.25) is 5.91 Å². The number of fused-ring (bicyclic) bond motifs is 1. The van der Waals surface area contributed by atoms with Crippen LogP contribution in [0, 0.1) is 12.8 Å². The van der Waals surface area contributed by atoms with Crippen LogP contribution >= 0.6 is 11.3 Å². The van der Waals surface area contributed by atoms with E-state index in [1.54, 1.807) is 6.07 Å². The lowest BCUT2D eigenvalue weighted by Gasteiger charge is -2.12. The number of benzene rings is 2. The predicted octanol–water partition coefficient (Wildman–Crippen LogP) is 5.06. The number of anilines is 2. The van der Waals surface area contributed by atoms with Crippen molar-refractivity contribution in [1.82, 2.24) is 0 Å². The van der Waals surface area contributed by atoms with Crippen molar-refractivity contribution in [2.75, 3.05) is 10.6 Å². The molecule has 1 aromatic heterocycles. The first-order valence-electron chi connectivity index (χ1n) is 8.15. The normalized spacial score (nSPS) is 10.9. The highest BCUT2D eigenvalue weighted by atomic mass is 32.1. The Balaban J connectivity index is 1.81. The van der Waals surface area contributed by atoms with Crippen molar-refractivity contribution in [2.24, 2.45) is 5.92 Å². The average Bonchev–Trinajstić information content (AvgIpc) is 3.02. The molecule has 0 atom stereocenters. The van der Waals surface area contributed by atoms with E-state index in [0.29, 0.717) is 16.3 Å². The van der Waals surface area contributed by atoms with E-state index in [-0.39, 0.29) is 17.7 Å². The molecule has 2 aromatic carbocycles. The summed E-state index contributed by atoms with van der Waals surface area (Å²) >= 11 is 1.47. The molecule has 1 heterocycles. The van der Waals surface area contributed by atoms with Crippen molar-refractivity contribution in [3.8, 4) is 0 Å². The molecule has 4 nitrogen and oxygen atoms in total. The molecular formula is C20H20N2O2S. The summed E-state index contributed by atoms with van der Waals surface area (Å²) in [6.07, 6.45) is 0. The first kappa shape index (κ1) is 17.2. The van der Waals surface area contributed by atoms with Crippen molar-refractivity contribution in [2.45, 2.75) is 20.8 Å². The molecule has 0 aliphatic heterocycles. The fourth-order valence-electron chi connectivity index (χ4n) is 2.40. The zero-order valence-corrected chi connectivity index (χ0v) is 15.2. The average molecular weight is 352 g/mol. The molecule has 0 unspecified atom stereocenters. The van der Waals surface area contributed by atoms with Gasteiger partial charge in [-0.15, -0.1) is 11.3 Å². The van der Waals surface area contributed by atoms with Gasteiger partial charge >= 0.3 is 0 Å². The minimum Gasteiger partial charge on any atom is -0.326 e. The zero-order chi connectivity index (χ0) is 18.0. The predicted molar refractivity (Wildman–Crippen MR) is 104 cm³/mol. The monoisotopic (exact) mass is 352 g/mol. The van der Waals surface area contributed by atoms with Crippen LogP contribution in [0.25, 0.3) is 10.1 Å². The number of amides is 2. The second-order valence-corrected chi connectivity index (χ2v) is 7.36. The first-order chi connectivity index (χ1) is 11.9. The standard InChI is InChI=1S/C20H20N2O2S/c1-12(2)19(23)21-15-9-8-13(3)16(11-15)22-20(24)18-10-14-6-4-5-7-17(14)25-18/h4-12H,1-3H3,(H,21,23)(H,22,24). The molecule has 2 amide bonds. The zero-order valence-electron chi connectivity index (χ0n) is 14.4. The number of hydrogen-bond acceptors (Lipinski definition) is 3. The molecule has 0 spiro atoms. The van der Waals surface area contributed by atoms with Crippen LogP contribution in [-0.2, 0) is 4.79 Å². The largest absolute Gasteiger partial charge is 0.326 e. The molecule has 0 saturated heterocycles. The smallest absolute Gasteiger partial charge is 0.265 e. The van der Waals surface area contributed by atoms with Crippen molar-refractivity contribution in [1.29, 1.82) is 0 Å². The van der Waals surface area contributed by atoms with E-state index >= 15 is 0 Å². The Hall–Kier alpha value is -2.66. The summed E-state index contributed by atoms with van der Waals surface area (Å²) in [6, 6.07) is 15.3. The second-order valence-electron chi connectivity index (χ2n) is 6.28. The van der Waals surface area contributed by atoms with Crippen LogP contribution in [0.5, 0.6) is 0 Å². The van der Waals surface area contributed by atoms with Crippen LogP contribution in [0.1, 0.15) is 29.1 Å². The molecule has 0 aliphatic rings. The minimum atomic E-state index is -0.142. The van der Waals surface area contributed by atoms with E-state index in [2.05, 4.69) is 10.6 Å². The Morgan fingerprint density at radius 3 is 2.48 bits per heavy atom. The van der Waals surface area contributed by atoms with Crippen LogP contribution in [-0.4, -0.2) is 11.8 Å². The van der Waals surface area contributed by atoms with E-state index in [0.717, 1.165) is 15.6 Å². The van der Waals surface area contributed by atoms with Gasteiger partial charge < -0.3 is 10.6 Å². The van der Waals surface area contributed by atoms with Gasteiger partial charge in [-0.1, -0.05) is 38.1 Å². The van der Waals surface area contributed by atoms with E-state index in [9.17, 15) is 9.59 Å². The summed E-state index contributed by atoms with van der Waals surface area (Å²) in [4.78, 5) is 25.1. The summed E-state index contributed by atoms with van der Waals surface area (Å²) in [7, 11) is 0. The van der Waals surface area contributed by atoms with Crippen molar-refractivity contribution >= 4 is 44.6 Å². The van der Waals surface area contributed by atoms with Gasteiger partial charge in [0, 0.05) is 22.0 Å². The van der Waals surface area contributed by atoms with Gasteiger partial charge in [0.25, 0.3) is 5.91 Å².